The Balaban J connectivity index is 1.55. The van der Waals surface area contributed by atoms with E-state index in [0.717, 1.165) is 24.3 Å². The van der Waals surface area contributed by atoms with Gasteiger partial charge in [-0.05, 0) is 47.5 Å². The highest BCUT2D eigenvalue weighted by atomic mass is 19.4. The van der Waals surface area contributed by atoms with E-state index in [1.54, 1.807) is 36.4 Å². The number of hydrogen-bond donors (Lipinski definition) is 0. The van der Waals surface area contributed by atoms with Gasteiger partial charge in [0.1, 0.15) is 11.5 Å². The summed E-state index contributed by atoms with van der Waals surface area (Å²) >= 11 is 0. The molecule has 7 heteroatoms. The van der Waals surface area contributed by atoms with Gasteiger partial charge >= 0.3 is 6.18 Å². The largest absolute Gasteiger partial charge is 0.457 e. The average Bonchev–Trinajstić information content (AvgIpc) is 2.75. The lowest BCUT2D eigenvalue weighted by molar-refractivity contribution is -0.137. The van der Waals surface area contributed by atoms with Gasteiger partial charge < -0.3 is 4.74 Å². The number of ether oxygens (including phenoxy) is 1. The Morgan fingerprint density at radius 2 is 1.16 bits per heavy atom. The summed E-state index contributed by atoms with van der Waals surface area (Å²) in [6.45, 7) is 0. The zero-order valence-electron chi connectivity index (χ0n) is 16.2. The first-order chi connectivity index (χ1) is 14.7. The number of carbonyl (C=O) groups excluding carboxylic acids is 2. The summed E-state index contributed by atoms with van der Waals surface area (Å²) in [6, 6.07) is 19.4. The van der Waals surface area contributed by atoms with Gasteiger partial charge in [-0.25, -0.2) is 4.39 Å². The molecule has 160 valence electrons. The summed E-state index contributed by atoms with van der Waals surface area (Å²) in [5.74, 6) is -0.719. The van der Waals surface area contributed by atoms with Crippen molar-refractivity contribution in [2.45, 2.75) is 25.2 Å². The molecule has 0 aliphatic heterocycles. The minimum Gasteiger partial charge on any atom is -0.457 e. The van der Waals surface area contributed by atoms with Crippen molar-refractivity contribution >= 4 is 11.6 Å². The van der Waals surface area contributed by atoms with E-state index < -0.39 is 35.9 Å². The topological polar surface area (TPSA) is 43.4 Å². The van der Waals surface area contributed by atoms with E-state index in [9.17, 15) is 27.2 Å². The molecule has 0 unspecified atom stereocenters. The fraction of sp³-hybridized carbons (Fsp3) is 0.167. The predicted octanol–water partition coefficient (Wildman–Crippen LogP) is 5.76. The standard InChI is InChI=1S/C24H18F4O3/c25-23(21(29)14-16-6-10-18(11-7-16)24(26,27)28)22(30)15-17-8-12-20(13-9-17)31-19-4-2-1-3-5-19/h1-13,23H,14-15H2/t23-/m0/s1. The molecule has 0 N–H and O–H groups in total. The molecule has 3 nitrogen and oxygen atoms in total. The number of carbonyl (C=O) groups is 2. The number of alkyl halides is 4. The molecular weight excluding hydrogens is 412 g/mol. The highest BCUT2D eigenvalue weighted by molar-refractivity contribution is 6.06. The van der Waals surface area contributed by atoms with Gasteiger partial charge in [-0.1, -0.05) is 42.5 Å². The Bertz CT molecular complexity index is 1030. The second-order valence-electron chi connectivity index (χ2n) is 6.90. The monoisotopic (exact) mass is 430 g/mol. The molecule has 0 radical (unpaired) electrons. The van der Waals surface area contributed by atoms with Crippen LogP contribution in [-0.2, 0) is 28.6 Å². The van der Waals surface area contributed by atoms with E-state index in [1.807, 2.05) is 18.2 Å². The molecule has 3 aromatic carbocycles. The fourth-order valence-corrected chi connectivity index (χ4v) is 2.87. The second kappa shape index (κ2) is 9.55. The van der Waals surface area contributed by atoms with Gasteiger partial charge in [-0.2, -0.15) is 13.2 Å². The molecule has 0 saturated heterocycles. The molecule has 0 bridgehead atoms. The average molecular weight is 430 g/mol. The SMILES string of the molecule is O=C(Cc1ccc(Oc2ccccc2)cc1)[C@@H](F)C(=O)Cc1ccc(C(F)(F)F)cc1. The number of para-hydroxylation sites is 1. The van der Waals surface area contributed by atoms with Crippen LogP contribution in [0.5, 0.6) is 11.5 Å². The number of Topliss-reactive ketones (excluding diaryl/α,β-unsaturated/α-hetero) is 2. The first-order valence-corrected chi connectivity index (χ1v) is 9.40. The van der Waals surface area contributed by atoms with Crippen molar-refractivity contribution in [3.05, 3.63) is 95.6 Å². The van der Waals surface area contributed by atoms with Crippen molar-refractivity contribution in [3.8, 4) is 11.5 Å². The minimum absolute atomic E-state index is 0.205. The quantitative estimate of drug-likeness (QED) is 0.337. The highest BCUT2D eigenvalue weighted by Crippen LogP contribution is 2.29. The molecule has 0 aliphatic carbocycles. The normalized spacial score (nSPS) is 12.3. The Morgan fingerprint density at radius 3 is 1.65 bits per heavy atom. The van der Waals surface area contributed by atoms with Gasteiger partial charge in [0.15, 0.2) is 11.6 Å². The maximum Gasteiger partial charge on any atom is 0.416 e. The van der Waals surface area contributed by atoms with Crippen molar-refractivity contribution in [1.82, 2.24) is 0 Å². The van der Waals surface area contributed by atoms with Gasteiger partial charge in [0.2, 0.25) is 6.17 Å². The molecular formula is C24H18F4O3. The zero-order chi connectivity index (χ0) is 22.4. The summed E-state index contributed by atoms with van der Waals surface area (Å²) in [7, 11) is 0. The third-order valence-electron chi connectivity index (χ3n) is 4.51. The summed E-state index contributed by atoms with van der Waals surface area (Å²) in [4.78, 5) is 24.2. The van der Waals surface area contributed by atoms with E-state index in [1.165, 1.54) is 0 Å². The minimum atomic E-state index is -4.50. The van der Waals surface area contributed by atoms with E-state index in [0.29, 0.717) is 17.1 Å². The van der Waals surface area contributed by atoms with Crippen LogP contribution in [-0.4, -0.2) is 17.7 Å². The van der Waals surface area contributed by atoms with Crippen molar-refractivity contribution in [3.63, 3.8) is 0 Å². The first-order valence-electron chi connectivity index (χ1n) is 9.40. The van der Waals surface area contributed by atoms with Gasteiger partial charge in [-0.3, -0.25) is 9.59 Å². The lowest BCUT2D eigenvalue weighted by Gasteiger charge is -2.10. The molecule has 0 aromatic heterocycles. The predicted molar refractivity (Wildman–Crippen MR) is 107 cm³/mol. The number of halogens is 4. The van der Waals surface area contributed by atoms with Crippen molar-refractivity contribution in [2.75, 3.05) is 0 Å². The molecule has 0 amide bonds. The number of hydrogen-bond acceptors (Lipinski definition) is 3. The van der Waals surface area contributed by atoms with Crippen molar-refractivity contribution in [2.24, 2.45) is 0 Å². The molecule has 31 heavy (non-hydrogen) atoms. The summed E-state index contributed by atoms with van der Waals surface area (Å²) in [6.07, 6.45) is -7.59. The number of rotatable bonds is 8. The van der Waals surface area contributed by atoms with Crippen LogP contribution < -0.4 is 4.74 Å². The molecule has 0 saturated carbocycles. The third kappa shape index (κ3) is 6.25. The number of ketones is 2. The Kier molecular flexibility index (Phi) is 6.84. The van der Waals surface area contributed by atoms with Gasteiger partial charge in [0, 0.05) is 12.8 Å². The second-order valence-corrected chi connectivity index (χ2v) is 6.90. The molecule has 0 spiro atoms. The Morgan fingerprint density at radius 1 is 0.710 bits per heavy atom. The van der Waals surface area contributed by atoms with Crippen LogP contribution in [0.4, 0.5) is 17.6 Å². The Labute approximate surface area is 176 Å². The van der Waals surface area contributed by atoms with E-state index in [2.05, 4.69) is 0 Å². The molecule has 0 fully saturated rings. The summed E-state index contributed by atoms with van der Waals surface area (Å²) in [5.41, 5.74) is -0.150. The van der Waals surface area contributed by atoms with E-state index >= 15 is 0 Å². The molecule has 3 aromatic rings. The van der Waals surface area contributed by atoms with Crippen LogP contribution in [0.15, 0.2) is 78.9 Å². The van der Waals surface area contributed by atoms with Gasteiger partial charge in [0.05, 0.1) is 5.56 Å². The number of benzene rings is 3. The fourth-order valence-electron chi connectivity index (χ4n) is 2.87. The lowest BCUT2D eigenvalue weighted by atomic mass is 9.99. The molecule has 3 rings (SSSR count). The smallest absolute Gasteiger partial charge is 0.416 e. The van der Waals surface area contributed by atoms with Gasteiger partial charge in [0.25, 0.3) is 0 Å². The first kappa shape index (κ1) is 22.2. The van der Waals surface area contributed by atoms with Crippen LogP contribution in [0.25, 0.3) is 0 Å². The van der Waals surface area contributed by atoms with Gasteiger partial charge in [-0.15, -0.1) is 0 Å². The van der Waals surface area contributed by atoms with Crippen LogP contribution in [0.2, 0.25) is 0 Å². The van der Waals surface area contributed by atoms with E-state index in [4.69, 9.17) is 4.74 Å². The zero-order valence-corrected chi connectivity index (χ0v) is 16.2. The van der Waals surface area contributed by atoms with E-state index in [-0.39, 0.29) is 12.0 Å². The third-order valence-corrected chi connectivity index (χ3v) is 4.51. The highest BCUT2D eigenvalue weighted by Gasteiger charge is 2.30. The van der Waals surface area contributed by atoms with Crippen LogP contribution in [0.3, 0.4) is 0 Å². The molecule has 1 atom stereocenters. The maximum atomic E-state index is 14.3. The summed E-state index contributed by atoms with van der Waals surface area (Å²) < 4.78 is 57.7. The van der Waals surface area contributed by atoms with Crippen LogP contribution in [0, 0.1) is 0 Å². The Hall–Kier alpha value is -3.48. The van der Waals surface area contributed by atoms with Crippen molar-refractivity contribution < 1.29 is 31.9 Å². The molecule has 0 heterocycles. The maximum absolute atomic E-state index is 14.3. The summed E-state index contributed by atoms with van der Waals surface area (Å²) in [5, 5.41) is 0. The van der Waals surface area contributed by atoms with Crippen LogP contribution >= 0.6 is 0 Å². The molecule has 0 aliphatic rings. The lowest BCUT2D eigenvalue weighted by Crippen LogP contribution is -2.28. The van der Waals surface area contributed by atoms with Crippen molar-refractivity contribution in [1.29, 1.82) is 0 Å². The van der Waals surface area contributed by atoms with Crippen LogP contribution in [0.1, 0.15) is 16.7 Å².